The van der Waals surface area contributed by atoms with Crippen LogP contribution in [-0.2, 0) is 11.3 Å². The lowest BCUT2D eigenvalue weighted by atomic mass is 10.2. The summed E-state index contributed by atoms with van der Waals surface area (Å²) in [6.45, 7) is 7.70. The molecule has 1 N–H and O–H groups in total. The number of hydrogen-bond donors (Lipinski definition) is 1. The molecular weight excluding hydrogens is 390 g/mol. The molecule has 1 fully saturated rings. The molecule has 0 bridgehead atoms. The van der Waals surface area contributed by atoms with Gasteiger partial charge in [0.2, 0.25) is 5.95 Å². The molecule has 2 aromatic carbocycles. The highest BCUT2D eigenvalue weighted by Gasteiger charge is 2.24. The molecule has 0 atom stereocenters. The Morgan fingerprint density at radius 2 is 1.77 bits per heavy atom. The van der Waals surface area contributed by atoms with Crippen LogP contribution in [0.5, 0.6) is 0 Å². The van der Waals surface area contributed by atoms with Gasteiger partial charge in [-0.05, 0) is 31.0 Å². The fourth-order valence-electron chi connectivity index (χ4n) is 3.96. The van der Waals surface area contributed by atoms with Crippen LogP contribution in [0.25, 0.3) is 11.0 Å². The van der Waals surface area contributed by atoms with Crippen LogP contribution in [0.15, 0.2) is 54.6 Å². The predicted octanol–water partition coefficient (Wildman–Crippen LogP) is 3.34. The lowest BCUT2D eigenvalue weighted by Gasteiger charge is -2.35. The first-order valence-corrected chi connectivity index (χ1v) is 11.1. The Labute approximate surface area is 183 Å². The van der Waals surface area contributed by atoms with Crippen molar-refractivity contribution in [3.05, 3.63) is 60.2 Å². The number of piperazine rings is 1. The summed E-state index contributed by atoms with van der Waals surface area (Å²) in [4.78, 5) is 21.6. The number of para-hydroxylation sites is 2. The van der Waals surface area contributed by atoms with Gasteiger partial charge in [0.1, 0.15) is 0 Å². The number of imidazole rings is 1. The Kier molecular flexibility index (Phi) is 7.04. The molecule has 1 aliphatic heterocycles. The van der Waals surface area contributed by atoms with E-state index in [1.54, 1.807) is 0 Å². The van der Waals surface area contributed by atoms with Crippen LogP contribution in [0.4, 0.5) is 10.7 Å². The van der Waals surface area contributed by atoms with Gasteiger partial charge in [-0.2, -0.15) is 0 Å². The van der Waals surface area contributed by atoms with E-state index >= 15 is 0 Å². The largest absolute Gasteiger partial charge is 0.382 e. The third kappa shape index (κ3) is 5.17. The average molecular weight is 422 g/mol. The standard InChI is InChI=1S/C24H31N5O2/c1-2-31-18-8-13-25-24(30)28-16-14-27(15-17-28)23-26-21-11-6-7-12-22(21)29(23)19-20-9-4-3-5-10-20/h3-7,9-12H,2,8,13-19H2,1H3,(H,25,30). The molecule has 31 heavy (non-hydrogen) atoms. The highest BCUT2D eigenvalue weighted by atomic mass is 16.5. The highest BCUT2D eigenvalue weighted by molar-refractivity contribution is 5.79. The average Bonchev–Trinajstić information content (AvgIpc) is 3.18. The van der Waals surface area contributed by atoms with Crippen LogP contribution in [0.1, 0.15) is 18.9 Å². The number of benzene rings is 2. The monoisotopic (exact) mass is 421 g/mol. The third-order valence-electron chi connectivity index (χ3n) is 5.61. The smallest absolute Gasteiger partial charge is 0.317 e. The zero-order chi connectivity index (χ0) is 21.5. The van der Waals surface area contributed by atoms with Crippen molar-refractivity contribution in [3.63, 3.8) is 0 Å². The maximum atomic E-state index is 12.5. The minimum Gasteiger partial charge on any atom is -0.382 e. The fraction of sp³-hybridized carbons (Fsp3) is 0.417. The maximum absolute atomic E-state index is 12.5. The van der Waals surface area contributed by atoms with E-state index in [0.29, 0.717) is 32.8 Å². The molecule has 7 heteroatoms. The number of amides is 2. The van der Waals surface area contributed by atoms with Crippen molar-refractivity contribution in [2.45, 2.75) is 19.9 Å². The van der Waals surface area contributed by atoms with Crippen LogP contribution in [0.3, 0.4) is 0 Å². The molecule has 0 unspecified atom stereocenters. The Balaban J connectivity index is 1.42. The predicted molar refractivity (Wildman–Crippen MR) is 124 cm³/mol. The van der Waals surface area contributed by atoms with Gasteiger partial charge in [-0.15, -0.1) is 0 Å². The van der Waals surface area contributed by atoms with Gasteiger partial charge in [-0.1, -0.05) is 42.5 Å². The molecule has 4 rings (SSSR count). The SMILES string of the molecule is CCOCCCNC(=O)N1CCN(c2nc3ccccc3n2Cc2ccccc2)CC1. The molecule has 1 saturated heterocycles. The topological polar surface area (TPSA) is 62.6 Å². The van der Waals surface area contributed by atoms with E-state index in [-0.39, 0.29) is 6.03 Å². The van der Waals surface area contributed by atoms with E-state index in [4.69, 9.17) is 9.72 Å². The van der Waals surface area contributed by atoms with E-state index in [9.17, 15) is 4.79 Å². The molecule has 2 heterocycles. The number of aromatic nitrogens is 2. The summed E-state index contributed by atoms with van der Waals surface area (Å²) in [5.41, 5.74) is 3.38. The van der Waals surface area contributed by atoms with E-state index < -0.39 is 0 Å². The Bertz CT molecular complexity index is 980. The summed E-state index contributed by atoms with van der Waals surface area (Å²) >= 11 is 0. The molecule has 2 amide bonds. The second-order valence-electron chi connectivity index (χ2n) is 7.73. The van der Waals surface area contributed by atoms with Crippen molar-refractivity contribution in [1.82, 2.24) is 19.8 Å². The van der Waals surface area contributed by atoms with Crippen molar-refractivity contribution in [2.75, 3.05) is 50.8 Å². The van der Waals surface area contributed by atoms with E-state index in [1.807, 2.05) is 24.0 Å². The number of anilines is 1. The zero-order valence-corrected chi connectivity index (χ0v) is 18.2. The van der Waals surface area contributed by atoms with Crippen LogP contribution in [0.2, 0.25) is 0 Å². The van der Waals surface area contributed by atoms with Gasteiger partial charge >= 0.3 is 6.03 Å². The minimum atomic E-state index is 0.00827. The summed E-state index contributed by atoms with van der Waals surface area (Å²) < 4.78 is 7.61. The number of ether oxygens (including phenoxy) is 1. The van der Waals surface area contributed by atoms with Gasteiger partial charge < -0.3 is 24.4 Å². The molecular formula is C24H31N5O2. The lowest BCUT2D eigenvalue weighted by Crippen LogP contribution is -2.52. The number of rotatable bonds is 8. The molecule has 1 aliphatic rings. The first-order valence-electron chi connectivity index (χ1n) is 11.1. The van der Waals surface area contributed by atoms with Crippen molar-refractivity contribution in [1.29, 1.82) is 0 Å². The number of carbonyl (C=O) groups is 1. The van der Waals surface area contributed by atoms with Crippen LogP contribution in [-0.4, -0.2) is 66.4 Å². The van der Waals surface area contributed by atoms with Crippen LogP contribution < -0.4 is 10.2 Å². The summed E-state index contributed by atoms with van der Waals surface area (Å²) in [6, 6.07) is 18.8. The number of fused-ring (bicyclic) bond motifs is 1. The fourth-order valence-corrected chi connectivity index (χ4v) is 3.96. The molecule has 0 aliphatic carbocycles. The molecule has 1 aromatic heterocycles. The molecule has 3 aromatic rings. The quantitative estimate of drug-likeness (QED) is 0.567. The Morgan fingerprint density at radius 1 is 1.03 bits per heavy atom. The molecule has 0 radical (unpaired) electrons. The van der Waals surface area contributed by atoms with Gasteiger partial charge in [-0.3, -0.25) is 0 Å². The second-order valence-corrected chi connectivity index (χ2v) is 7.73. The summed E-state index contributed by atoms with van der Waals surface area (Å²) in [7, 11) is 0. The van der Waals surface area contributed by atoms with E-state index in [1.165, 1.54) is 5.56 Å². The Morgan fingerprint density at radius 3 is 2.55 bits per heavy atom. The Hall–Kier alpha value is -3.06. The molecule has 7 nitrogen and oxygen atoms in total. The summed E-state index contributed by atoms with van der Waals surface area (Å²) in [5, 5.41) is 3.00. The van der Waals surface area contributed by atoms with E-state index in [2.05, 4.69) is 57.2 Å². The first kappa shape index (κ1) is 21.2. The molecule has 0 saturated carbocycles. The van der Waals surface area contributed by atoms with Gasteiger partial charge in [0, 0.05) is 45.9 Å². The second kappa shape index (κ2) is 10.3. The van der Waals surface area contributed by atoms with Crippen molar-refractivity contribution in [2.24, 2.45) is 0 Å². The third-order valence-corrected chi connectivity index (χ3v) is 5.61. The lowest BCUT2D eigenvalue weighted by molar-refractivity contribution is 0.143. The number of hydrogen-bond acceptors (Lipinski definition) is 4. The highest BCUT2D eigenvalue weighted by Crippen LogP contribution is 2.25. The van der Waals surface area contributed by atoms with Gasteiger partial charge in [0.25, 0.3) is 0 Å². The first-order chi connectivity index (χ1) is 15.3. The minimum absolute atomic E-state index is 0.00827. The summed E-state index contributed by atoms with van der Waals surface area (Å²) in [5.74, 6) is 0.974. The molecule has 0 spiro atoms. The summed E-state index contributed by atoms with van der Waals surface area (Å²) in [6.07, 6.45) is 0.836. The van der Waals surface area contributed by atoms with Crippen LogP contribution >= 0.6 is 0 Å². The van der Waals surface area contributed by atoms with E-state index in [0.717, 1.165) is 43.0 Å². The number of urea groups is 1. The number of nitrogens with zero attached hydrogens (tertiary/aromatic N) is 4. The zero-order valence-electron chi connectivity index (χ0n) is 18.2. The van der Waals surface area contributed by atoms with Crippen molar-refractivity contribution in [3.8, 4) is 0 Å². The number of carbonyl (C=O) groups excluding carboxylic acids is 1. The van der Waals surface area contributed by atoms with Gasteiger partial charge in [0.05, 0.1) is 17.6 Å². The van der Waals surface area contributed by atoms with Crippen LogP contribution in [0, 0.1) is 0 Å². The normalized spacial score (nSPS) is 14.2. The maximum Gasteiger partial charge on any atom is 0.317 e. The molecule has 164 valence electrons. The number of nitrogens with one attached hydrogen (secondary N) is 1. The van der Waals surface area contributed by atoms with Crippen molar-refractivity contribution < 1.29 is 9.53 Å². The van der Waals surface area contributed by atoms with Gasteiger partial charge in [0.15, 0.2) is 0 Å². The van der Waals surface area contributed by atoms with Crippen molar-refractivity contribution >= 4 is 23.0 Å². The van der Waals surface area contributed by atoms with Gasteiger partial charge in [-0.25, -0.2) is 9.78 Å².